The summed E-state index contributed by atoms with van der Waals surface area (Å²) in [5.74, 6) is -0.348. The van der Waals surface area contributed by atoms with Gasteiger partial charge >= 0.3 is 35.2 Å². The van der Waals surface area contributed by atoms with Crippen LogP contribution in [0.25, 0.3) is 0 Å². The summed E-state index contributed by atoms with van der Waals surface area (Å²) in [7, 11) is 0. The van der Waals surface area contributed by atoms with E-state index in [0.29, 0.717) is 22.2 Å². The van der Waals surface area contributed by atoms with Crippen molar-refractivity contribution in [3.8, 4) is 0 Å². The summed E-state index contributed by atoms with van der Waals surface area (Å²) in [6, 6.07) is 13.6. The topological polar surface area (TPSA) is 64.0 Å². The van der Waals surface area contributed by atoms with E-state index in [1.807, 2.05) is 12.1 Å². The number of aromatic nitrogens is 2. The van der Waals surface area contributed by atoms with Crippen LogP contribution in [0.15, 0.2) is 53.3 Å². The van der Waals surface area contributed by atoms with Crippen molar-refractivity contribution in [1.82, 2.24) is 8.94 Å². The number of rotatable bonds is 4. The number of anilines is 1. The Balaban J connectivity index is 0.00000225. The predicted octanol–water partition coefficient (Wildman–Crippen LogP) is 3.26. The Kier molecular flexibility index (Phi) is 7.25. The maximum absolute atomic E-state index is 12.1. The van der Waals surface area contributed by atoms with Gasteiger partial charge in [0.05, 0.1) is 6.54 Å². The number of hydrogen-bond donors (Lipinski definition) is 1. The van der Waals surface area contributed by atoms with Crippen LogP contribution in [0.2, 0.25) is 10.0 Å². The van der Waals surface area contributed by atoms with E-state index in [-0.39, 0.29) is 40.6 Å². The van der Waals surface area contributed by atoms with Gasteiger partial charge in [-0.05, 0) is 53.5 Å². The molecule has 1 N–H and O–H groups in total. The second-order valence-electron chi connectivity index (χ2n) is 4.91. The molecular weight excluding hydrogens is 392 g/mol. The Morgan fingerprint density at radius 3 is 2.20 bits per heavy atom. The van der Waals surface area contributed by atoms with Gasteiger partial charge in [0.15, 0.2) is 0 Å². The van der Waals surface area contributed by atoms with E-state index in [9.17, 15) is 9.59 Å². The molecule has 5 nitrogen and oxygen atoms in total. The number of carbonyl (C=O) groups is 1. The Morgan fingerprint density at radius 1 is 1.04 bits per heavy atom. The quantitative estimate of drug-likeness (QED) is 0.679. The van der Waals surface area contributed by atoms with Crippen LogP contribution in [0.3, 0.4) is 0 Å². The molecule has 3 aromatic rings. The van der Waals surface area contributed by atoms with Gasteiger partial charge in [-0.3, -0.25) is 10.1 Å². The molecule has 1 heterocycles. The van der Waals surface area contributed by atoms with E-state index in [4.69, 9.17) is 23.2 Å². The zero-order valence-corrected chi connectivity index (χ0v) is 14.5. The number of nitrogens with one attached hydrogen (secondary N) is 1. The van der Waals surface area contributed by atoms with Gasteiger partial charge in [-0.1, -0.05) is 35.3 Å². The first kappa shape index (κ1) is 20.2. The Hall–Kier alpha value is -1.15. The van der Waals surface area contributed by atoms with E-state index < -0.39 is 5.69 Å². The van der Waals surface area contributed by atoms with Crippen molar-refractivity contribution in [2.24, 2.45) is 0 Å². The first-order chi connectivity index (χ1) is 11.5. The van der Waals surface area contributed by atoms with Crippen LogP contribution in [0, 0.1) is 0 Å². The number of amides is 1. The summed E-state index contributed by atoms with van der Waals surface area (Å²) < 4.78 is 1.46. The summed E-state index contributed by atoms with van der Waals surface area (Å²) in [6.45, 7) is 0.366. The molecule has 0 saturated carbocycles. The molecule has 2 aromatic carbocycles. The van der Waals surface area contributed by atoms with E-state index in [0.717, 1.165) is 17.1 Å². The van der Waals surface area contributed by atoms with Crippen molar-refractivity contribution in [3.05, 3.63) is 80.2 Å². The van der Waals surface area contributed by atoms with E-state index in [2.05, 4.69) is 10.3 Å². The normalized spacial score (nSPS) is 10.2. The molecule has 0 atom stereocenters. The molecule has 9 heteroatoms. The molecule has 124 valence electrons. The predicted molar refractivity (Wildman–Crippen MR) is 103 cm³/mol. The fourth-order valence-corrected chi connectivity index (χ4v) is 3.03. The van der Waals surface area contributed by atoms with Gasteiger partial charge in [-0.2, -0.15) is 4.98 Å². The molecule has 0 bridgehead atoms. The molecule has 0 aliphatic carbocycles. The van der Waals surface area contributed by atoms with Crippen LogP contribution >= 0.6 is 34.7 Å². The van der Waals surface area contributed by atoms with Gasteiger partial charge in [0.25, 0.3) is 5.91 Å². The van der Waals surface area contributed by atoms with Crippen LogP contribution in [0.5, 0.6) is 0 Å². The molecule has 25 heavy (non-hydrogen) atoms. The molecule has 1 aromatic heterocycles. The summed E-state index contributed by atoms with van der Waals surface area (Å²) >= 11 is 12.7. The third-order valence-corrected chi connectivity index (χ3v) is 4.55. The van der Waals surface area contributed by atoms with E-state index >= 15 is 0 Å². The number of benzene rings is 2. The number of carbonyl (C=O) groups excluding carboxylic acids is 1. The molecule has 0 radical (unpaired) electrons. The van der Waals surface area contributed by atoms with Crippen LogP contribution in [-0.4, -0.2) is 44.4 Å². The summed E-state index contributed by atoms with van der Waals surface area (Å²) in [4.78, 5) is 27.9. The molecule has 1 amide bonds. The van der Waals surface area contributed by atoms with Crippen LogP contribution < -0.4 is 11.0 Å². The van der Waals surface area contributed by atoms with Crippen molar-refractivity contribution >= 4 is 75.3 Å². The van der Waals surface area contributed by atoms with Crippen molar-refractivity contribution in [3.63, 3.8) is 0 Å². The van der Waals surface area contributed by atoms with Crippen molar-refractivity contribution < 1.29 is 4.79 Å². The maximum atomic E-state index is 12.1. The van der Waals surface area contributed by atoms with Crippen LogP contribution in [-0.2, 0) is 6.54 Å². The molecule has 3 rings (SSSR count). The fourth-order valence-electron chi connectivity index (χ4n) is 1.98. The Morgan fingerprint density at radius 2 is 1.60 bits per heavy atom. The molecule has 0 aliphatic rings. The van der Waals surface area contributed by atoms with Gasteiger partial charge < -0.3 is 0 Å². The molecule has 0 spiro atoms. The SMILES string of the molecule is O=C(Nc1nc(=O)n(Cc2ccc(Cl)cc2)s1)c1ccc(Cl)cc1.[NaH]. The van der Waals surface area contributed by atoms with Gasteiger partial charge in [-0.25, -0.2) is 8.75 Å². The number of nitrogens with zero attached hydrogens (tertiary/aromatic N) is 2. The summed E-state index contributed by atoms with van der Waals surface area (Å²) in [6.07, 6.45) is 0. The third kappa shape index (κ3) is 5.41. The standard InChI is InChI=1S/C16H11Cl2N3O2S.Na.H/c17-12-5-1-10(2-6-12)9-21-16(23)20-15(24-21)19-14(22)11-3-7-13(18)8-4-11;;/h1-8H,9H2,(H,19,20,22,23);;. The minimum absolute atomic E-state index is 0. The second-order valence-corrected chi connectivity index (χ2v) is 6.80. The summed E-state index contributed by atoms with van der Waals surface area (Å²) in [5.41, 5.74) is 0.938. The zero-order valence-electron chi connectivity index (χ0n) is 12.2. The second kappa shape index (κ2) is 8.98. The Bertz CT molecular complexity index is 924. The van der Waals surface area contributed by atoms with Crippen molar-refractivity contribution in [2.45, 2.75) is 6.54 Å². The monoisotopic (exact) mass is 403 g/mol. The van der Waals surface area contributed by atoms with E-state index in [1.54, 1.807) is 36.4 Å². The van der Waals surface area contributed by atoms with Crippen molar-refractivity contribution in [1.29, 1.82) is 0 Å². The van der Waals surface area contributed by atoms with Crippen LogP contribution in [0.4, 0.5) is 5.13 Å². The third-order valence-electron chi connectivity index (χ3n) is 3.17. The molecule has 0 unspecified atom stereocenters. The molecular formula is C16H12Cl2N3NaO2S. The molecule has 0 aliphatic heterocycles. The minimum atomic E-state index is -0.415. The number of hydrogen-bond acceptors (Lipinski definition) is 4. The van der Waals surface area contributed by atoms with Crippen LogP contribution in [0.1, 0.15) is 15.9 Å². The summed E-state index contributed by atoms with van der Waals surface area (Å²) in [5, 5.41) is 4.04. The molecule has 0 fully saturated rings. The first-order valence-electron chi connectivity index (χ1n) is 6.91. The van der Waals surface area contributed by atoms with Gasteiger partial charge in [-0.15, -0.1) is 0 Å². The fraction of sp³-hybridized carbons (Fsp3) is 0.0625. The average Bonchev–Trinajstić information content (AvgIpc) is 2.89. The number of halogens is 2. The van der Waals surface area contributed by atoms with Gasteiger partial charge in [0, 0.05) is 15.6 Å². The Labute approximate surface area is 180 Å². The molecule has 0 saturated heterocycles. The first-order valence-corrected chi connectivity index (χ1v) is 8.44. The van der Waals surface area contributed by atoms with Gasteiger partial charge in [0.1, 0.15) is 0 Å². The van der Waals surface area contributed by atoms with Crippen molar-refractivity contribution in [2.75, 3.05) is 5.32 Å². The zero-order chi connectivity index (χ0) is 17.1. The average molecular weight is 404 g/mol. The van der Waals surface area contributed by atoms with E-state index in [1.165, 1.54) is 3.96 Å². The van der Waals surface area contributed by atoms with Gasteiger partial charge in [0.2, 0.25) is 5.13 Å².